The number of hydrogen-bond donors (Lipinski definition) is 1. The quantitative estimate of drug-likeness (QED) is 0.329. The van der Waals surface area contributed by atoms with Gasteiger partial charge in [0.05, 0.1) is 6.42 Å². The van der Waals surface area contributed by atoms with Crippen molar-refractivity contribution in [3.05, 3.63) is 130 Å². The second-order valence-corrected chi connectivity index (χ2v) is 9.06. The second-order valence-electron chi connectivity index (χ2n) is 8.03. The van der Waals surface area contributed by atoms with Crippen molar-refractivity contribution in [2.45, 2.75) is 25.6 Å². The highest BCUT2D eigenvalue weighted by Gasteiger charge is 2.33. The maximum atomic E-state index is 15.0. The molecule has 0 saturated heterocycles. The Labute approximate surface area is 206 Å². The largest absolute Gasteiger partial charge is 0.350 e. The third-order valence-electron chi connectivity index (χ3n) is 5.56. The molecule has 0 unspecified atom stereocenters. The van der Waals surface area contributed by atoms with Gasteiger partial charge >= 0.3 is 0 Å². The number of amides is 2. The zero-order valence-electron chi connectivity index (χ0n) is 18.9. The fourth-order valence-electron chi connectivity index (χ4n) is 3.80. The van der Waals surface area contributed by atoms with Gasteiger partial charge in [0, 0.05) is 23.5 Å². The molecule has 1 aromatic heterocycles. The molecule has 4 rings (SSSR count). The van der Waals surface area contributed by atoms with E-state index in [1.165, 1.54) is 46.6 Å². The Hall–Kier alpha value is -3.84. The van der Waals surface area contributed by atoms with E-state index in [4.69, 9.17) is 0 Å². The van der Waals surface area contributed by atoms with Gasteiger partial charge in [-0.2, -0.15) is 0 Å². The molecular formula is C28H24F2N2O2S. The summed E-state index contributed by atoms with van der Waals surface area (Å²) in [6, 6.07) is 23.5. The van der Waals surface area contributed by atoms with Crippen LogP contribution in [0.5, 0.6) is 0 Å². The Kier molecular flexibility index (Phi) is 8.00. The Morgan fingerprint density at radius 3 is 2.23 bits per heavy atom. The van der Waals surface area contributed by atoms with Gasteiger partial charge in [-0.15, -0.1) is 11.3 Å². The number of benzene rings is 3. The van der Waals surface area contributed by atoms with Crippen molar-refractivity contribution < 1.29 is 18.4 Å². The second kappa shape index (κ2) is 11.5. The van der Waals surface area contributed by atoms with E-state index in [1.54, 1.807) is 18.2 Å². The van der Waals surface area contributed by atoms with Crippen molar-refractivity contribution in [2.75, 3.05) is 0 Å². The lowest BCUT2D eigenvalue weighted by Gasteiger charge is -2.32. The Balaban J connectivity index is 1.70. The van der Waals surface area contributed by atoms with E-state index in [1.807, 2.05) is 47.8 Å². The van der Waals surface area contributed by atoms with Crippen LogP contribution in [0.15, 0.2) is 96.4 Å². The van der Waals surface area contributed by atoms with Gasteiger partial charge in [-0.25, -0.2) is 8.78 Å². The molecule has 2 amide bonds. The first-order chi connectivity index (χ1) is 17.0. The highest BCUT2D eigenvalue weighted by Crippen LogP contribution is 2.27. The van der Waals surface area contributed by atoms with Crippen LogP contribution in [-0.4, -0.2) is 16.7 Å². The monoisotopic (exact) mass is 490 g/mol. The standard InChI is InChI=1S/C28H24F2N2O2S/c29-22-14-12-21(13-15-22)19-32(26(33)17-23-9-6-16-35-23)27(24-10-4-5-11-25(24)30)28(34)31-18-20-7-2-1-3-8-20/h1-16,27H,17-19H2,(H,31,34)/t27-/m0/s1. The van der Waals surface area contributed by atoms with E-state index in [0.29, 0.717) is 5.56 Å². The van der Waals surface area contributed by atoms with Gasteiger partial charge in [0.15, 0.2) is 0 Å². The fraction of sp³-hybridized carbons (Fsp3) is 0.143. The molecule has 178 valence electrons. The van der Waals surface area contributed by atoms with E-state index in [2.05, 4.69) is 5.32 Å². The van der Waals surface area contributed by atoms with E-state index in [0.717, 1.165) is 10.4 Å². The number of carbonyl (C=O) groups is 2. The zero-order chi connectivity index (χ0) is 24.6. The normalized spacial score (nSPS) is 11.6. The average Bonchev–Trinajstić information content (AvgIpc) is 3.38. The first kappa shape index (κ1) is 24.3. The van der Waals surface area contributed by atoms with Crippen LogP contribution < -0.4 is 5.32 Å². The first-order valence-corrected chi connectivity index (χ1v) is 12.0. The lowest BCUT2D eigenvalue weighted by molar-refractivity contribution is -0.141. The fourth-order valence-corrected chi connectivity index (χ4v) is 4.50. The molecule has 0 aliphatic heterocycles. The number of carbonyl (C=O) groups excluding carboxylic acids is 2. The van der Waals surface area contributed by atoms with E-state index < -0.39 is 23.6 Å². The summed E-state index contributed by atoms with van der Waals surface area (Å²) in [5.41, 5.74) is 1.60. The molecule has 0 bridgehead atoms. The minimum Gasteiger partial charge on any atom is -0.350 e. The van der Waals surface area contributed by atoms with Crippen molar-refractivity contribution in [1.29, 1.82) is 0 Å². The molecule has 35 heavy (non-hydrogen) atoms. The minimum atomic E-state index is -1.21. The van der Waals surface area contributed by atoms with Crippen LogP contribution in [0.1, 0.15) is 27.6 Å². The van der Waals surface area contributed by atoms with Gasteiger partial charge < -0.3 is 10.2 Å². The van der Waals surface area contributed by atoms with Gasteiger partial charge in [0.1, 0.15) is 17.7 Å². The van der Waals surface area contributed by atoms with E-state index >= 15 is 0 Å². The number of nitrogens with one attached hydrogen (secondary N) is 1. The molecule has 0 aliphatic rings. The topological polar surface area (TPSA) is 49.4 Å². The van der Waals surface area contributed by atoms with Crippen LogP contribution in [0.2, 0.25) is 0 Å². The molecular weight excluding hydrogens is 466 g/mol. The van der Waals surface area contributed by atoms with Crippen molar-refractivity contribution in [1.82, 2.24) is 10.2 Å². The van der Waals surface area contributed by atoms with Crippen LogP contribution >= 0.6 is 11.3 Å². The molecule has 0 saturated carbocycles. The van der Waals surface area contributed by atoms with E-state index in [9.17, 15) is 18.4 Å². The molecule has 0 spiro atoms. The number of thiophene rings is 1. The summed E-state index contributed by atoms with van der Waals surface area (Å²) in [5.74, 6) is -1.82. The Morgan fingerprint density at radius 2 is 1.54 bits per heavy atom. The molecule has 0 radical (unpaired) electrons. The molecule has 1 heterocycles. The smallest absolute Gasteiger partial charge is 0.247 e. The zero-order valence-corrected chi connectivity index (χ0v) is 19.7. The van der Waals surface area contributed by atoms with Crippen molar-refractivity contribution in [3.63, 3.8) is 0 Å². The summed E-state index contributed by atoms with van der Waals surface area (Å²) in [6.45, 7) is 0.246. The van der Waals surface area contributed by atoms with Crippen molar-refractivity contribution in [2.24, 2.45) is 0 Å². The van der Waals surface area contributed by atoms with Crippen molar-refractivity contribution >= 4 is 23.2 Å². The SMILES string of the molecule is O=C(NCc1ccccc1)[C@H](c1ccccc1F)N(Cc1ccc(F)cc1)C(=O)Cc1cccs1. The summed E-state index contributed by atoms with van der Waals surface area (Å²) in [5, 5.41) is 4.73. The van der Waals surface area contributed by atoms with Gasteiger partial charge in [-0.05, 0) is 40.8 Å². The molecule has 0 fully saturated rings. The maximum Gasteiger partial charge on any atom is 0.247 e. The summed E-state index contributed by atoms with van der Waals surface area (Å²) < 4.78 is 28.5. The molecule has 1 atom stereocenters. The third kappa shape index (κ3) is 6.39. The molecule has 0 aliphatic carbocycles. The van der Waals surface area contributed by atoms with Crippen LogP contribution in [0.25, 0.3) is 0 Å². The van der Waals surface area contributed by atoms with Gasteiger partial charge in [0.2, 0.25) is 11.8 Å². The van der Waals surface area contributed by atoms with Gasteiger partial charge in [-0.3, -0.25) is 9.59 Å². The van der Waals surface area contributed by atoms with Crippen LogP contribution in [0.4, 0.5) is 8.78 Å². The number of nitrogens with zero attached hydrogens (tertiary/aromatic N) is 1. The molecule has 4 nitrogen and oxygen atoms in total. The third-order valence-corrected chi connectivity index (χ3v) is 6.44. The predicted octanol–water partition coefficient (Wildman–Crippen LogP) is 5.66. The van der Waals surface area contributed by atoms with Gasteiger partial charge in [-0.1, -0.05) is 66.7 Å². The minimum absolute atomic E-state index is 0.0161. The summed E-state index contributed by atoms with van der Waals surface area (Å²) in [6.07, 6.45) is 0.0653. The summed E-state index contributed by atoms with van der Waals surface area (Å²) in [7, 11) is 0. The lowest BCUT2D eigenvalue weighted by Crippen LogP contribution is -2.44. The van der Waals surface area contributed by atoms with Crippen LogP contribution in [-0.2, 0) is 29.1 Å². The summed E-state index contributed by atoms with van der Waals surface area (Å²) >= 11 is 1.43. The number of rotatable bonds is 9. The number of halogens is 2. The van der Waals surface area contributed by atoms with Crippen LogP contribution in [0, 0.1) is 11.6 Å². The Bertz CT molecular complexity index is 1260. The highest BCUT2D eigenvalue weighted by molar-refractivity contribution is 7.10. The maximum absolute atomic E-state index is 15.0. The van der Waals surface area contributed by atoms with Gasteiger partial charge in [0.25, 0.3) is 0 Å². The van der Waals surface area contributed by atoms with Crippen molar-refractivity contribution in [3.8, 4) is 0 Å². The van der Waals surface area contributed by atoms with Crippen LogP contribution in [0.3, 0.4) is 0 Å². The molecule has 4 aromatic rings. The molecule has 7 heteroatoms. The molecule has 1 N–H and O–H groups in total. The number of hydrogen-bond acceptors (Lipinski definition) is 3. The Morgan fingerprint density at radius 1 is 0.829 bits per heavy atom. The lowest BCUT2D eigenvalue weighted by atomic mass is 10.0. The molecule has 3 aromatic carbocycles. The summed E-state index contributed by atoms with van der Waals surface area (Å²) in [4.78, 5) is 29.3. The predicted molar refractivity (Wildman–Crippen MR) is 132 cm³/mol. The highest BCUT2D eigenvalue weighted by atomic mass is 32.1. The first-order valence-electron chi connectivity index (χ1n) is 11.1. The van der Waals surface area contributed by atoms with E-state index in [-0.39, 0.29) is 31.0 Å². The average molecular weight is 491 g/mol.